The highest BCUT2D eigenvalue weighted by Gasteiger charge is 2.31. The molecule has 5 aromatic carbocycles. The van der Waals surface area contributed by atoms with Gasteiger partial charge >= 0.3 is 0 Å². The molecule has 0 amide bonds. The molecule has 200 valence electrons. The molecular weight excluding hydrogens is 498 g/mol. The highest BCUT2D eigenvalue weighted by Crippen LogP contribution is 2.33. The SMILES string of the molecule is Cc1cc(C)c(B(c2c(C)cc(C)cc2C)c2c(C)cc(P(c3ccccc3)c3ccccc3)cc2C)c(C)c1. The quantitative estimate of drug-likeness (QED) is 0.173. The van der Waals surface area contributed by atoms with Crippen LogP contribution in [0.3, 0.4) is 0 Å². The van der Waals surface area contributed by atoms with Crippen LogP contribution in [0.25, 0.3) is 0 Å². The zero-order valence-corrected chi connectivity index (χ0v) is 26.2. The van der Waals surface area contributed by atoms with E-state index in [4.69, 9.17) is 0 Å². The van der Waals surface area contributed by atoms with Crippen molar-refractivity contribution in [2.24, 2.45) is 0 Å². The van der Waals surface area contributed by atoms with Crippen LogP contribution >= 0.6 is 7.92 Å². The third-order valence-corrected chi connectivity index (χ3v) is 10.6. The van der Waals surface area contributed by atoms with Gasteiger partial charge in [0.2, 0.25) is 6.71 Å². The van der Waals surface area contributed by atoms with Gasteiger partial charge in [-0.2, -0.15) is 0 Å². The molecule has 40 heavy (non-hydrogen) atoms. The number of benzene rings is 5. The summed E-state index contributed by atoms with van der Waals surface area (Å²) in [5, 5.41) is 4.20. The van der Waals surface area contributed by atoms with E-state index in [2.05, 4.69) is 152 Å². The molecule has 5 aromatic rings. The lowest BCUT2D eigenvalue weighted by Gasteiger charge is -2.28. The first-order valence-electron chi connectivity index (χ1n) is 14.3. The predicted molar refractivity (Wildman–Crippen MR) is 181 cm³/mol. The van der Waals surface area contributed by atoms with Crippen LogP contribution in [-0.2, 0) is 0 Å². The van der Waals surface area contributed by atoms with Gasteiger partial charge in [0.25, 0.3) is 0 Å². The Hall–Kier alpha value is -3.41. The van der Waals surface area contributed by atoms with Gasteiger partial charge in [-0.1, -0.05) is 158 Å². The third kappa shape index (κ3) is 5.46. The average Bonchev–Trinajstić information content (AvgIpc) is 2.88. The molecule has 0 spiro atoms. The third-order valence-electron chi connectivity index (χ3n) is 8.21. The Bertz CT molecular complexity index is 1500. The van der Waals surface area contributed by atoms with Gasteiger partial charge in [0.05, 0.1) is 0 Å². The summed E-state index contributed by atoms with van der Waals surface area (Å²) in [4.78, 5) is 0. The van der Waals surface area contributed by atoms with Gasteiger partial charge in [0.1, 0.15) is 0 Å². The molecule has 0 aliphatic rings. The Balaban J connectivity index is 1.77. The molecule has 2 heteroatoms. The van der Waals surface area contributed by atoms with E-state index >= 15 is 0 Å². The van der Waals surface area contributed by atoms with Gasteiger partial charge in [-0.05, 0) is 79.2 Å². The minimum Gasteiger partial charge on any atom is -0.0629 e. The smallest absolute Gasteiger partial charge is 0.0629 e. The number of aryl methyl sites for hydroxylation is 8. The van der Waals surface area contributed by atoms with Crippen molar-refractivity contribution in [1.82, 2.24) is 0 Å². The van der Waals surface area contributed by atoms with Crippen molar-refractivity contribution >= 4 is 46.9 Å². The van der Waals surface area contributed by atoms with Crippen molar-refractivity contribution in [3.05, 3.63) is 142 Å². The van der Waals surface area contributed by atoms with Crippen molar-refractivity contribution in [3.8, 4) is 0 Å². The van der Waals surface area contributed by atoms with Crippen molar-refractivity contribution < 1.29 is 0 Å². The molecule has 0 nitrogen and oxygen atoms in total. The molecule has 0 bridgehead atoms. The lowest BCUT2D eigenvalue weighted by Crippen LogP contribution is -2.57. The summed E-state index contributed by atoms with van der Waals surface area (Å²) in [7, 11) is -0.652. The van der Waals surface area contributed by atoms with E-state index in [1.807, 2.05) is 0 Å². The largest absolute Gasteiger partial charge is 0.243 e. The summed E-state index contributed by atoms with van der Waals surface area (Å²) in [6, 6.07) is 36.5. The Morgan fingerprint density at radius 1 is 0.375 bits per heavy atom. The molecule has 0 fully saturated rings. The van der Waals surface area contributed by atoms with Crippen LogP contribution in [0.5, 0.6) is 0 Å². The van der Waals surface area contributed by atoms with Gasteiger partial charge in [0.15, 0.2) is 0 Å². The Morgan fingerprint density at radius 3 is 1.00 bits per heavy atom. The van der Waals surface area contributed by atoms with Crippen LogP contribution in [-0.4, -0.2) is 6.71 Å². The standard InChI is InChI=1S/C38H40BP/c1-25-19-27(3)36(28(4)20-25)39(37-29(5)21-26(2)22-30(37)6)38-31(7)23-35(24-32(38)8)40(33-15-11-9-12-16-33)34-17-13-10-14-18-34/h9-24H,1-8H3. The molecular formula is C38H40BP. The molecule has 0 saturated heterocycles. The molecule has 0 aromatic heterocycles. The molecule has 0 radical (unpaired) electrons. The van der Waals surface area contributed by atoms with Gasteiger partial charge in [-0.25, -0.2) is 0 Å². The van der Waals surface area contributed by atoms with Crippen molar-refractivity contribution in [3.63, 3.8) is 0 Å². The maximum Gasteiger partial charge on any atom is 0.243 e. The van der Waals surface area contributed by atoms with E-state index in [-0.39, 0.29) is 6.71 Å². The zero-order chi connectivity index (χ0) is 28.6. The number of hydrogen-bond acceptors (Lipinski definition) is 0. The van der Waals surface area contributed by atoms with Crippen molar-refractivity contribution in [1.29, 1.82) is 0 Å². The Morgan fingerprint density at radius 2 is 0.675 bits per heavy atom. The van der Waals surface area contributed by atoms with Gasteiger partial charge in [-0.3, -0.25) is 0 Å². The Labute approximate surface area is 243 Å². The summed E-state index contributed by atoms with van der Waals surface area (Å²) in [5.41, 5.74) is 15.3. The minimum atomic E-state index is -0.652. The van der Waals surface area contributed by atoms with Crippen LogP contribution in [0.15, 0.2) is 97.1 Å². The van der Waals surface area contributed by atoms with Crippen molar-refractivity contribution in [2.75, 3.05) is 0 Å². The lowest BCUT2D eigenvalue weighted by atomic mass is 9.33. The summed E-state index contributed by atoms with van der Waals surface area (Å²) in [6.07, 6.45) is 0. The fourth-order valence-electron chi connectivity index (χ4n) is 6.86. The topological polar surface area (TPSA) is 0 Å². The summed E-state index contributed by atoms with van der Waals surface area (Å²) in [5.74, 6) is 0. The summed E-state index contributed by atoms with van der Waals surface area (Å²) in [6.45, 7) is 18.5. The predicted octanol–water partition coefficient (Wildman–Crippen LogP) is 6.43. The first kappa shape index (κ1) is 28.1. The number of rotatable bonds is 6. The summed E-state index contributed by atoms with van der Waals surface area (Å²) >= 11 is 0. The fraction of sp³-hybridized carbons (Fsp3) is 0.211. The van der Waals surface area contributed by atoms with Gasteiger partial charge in [0, 0.05) is 0 Å². The minimum absolute atomic E-state index is 0.190. The first-order chi connectivity index (χ1) is 19.2. The van der Waals surface area contributed by atoms with Crippen LogP contribution in [0.4, 0.5) is 0 Å². The van der Waals surface area contributed by atoms with Crippen LogP contribution in [0.2, 0.25) is 0 Å². The molecule has 0 aliphatic heterocycles. The van der Waals surface area contributed by atoms with E-state index in [9.17, 15) is 0 Å². The average molecular weight is 539 g/mol. The van der Waals surface area contributed by atoms with Gasteiger partial charge < -0.3 is 0 Å². The lowest BCUT2D eigenvalue weighted by molar-refractivity contribution is 1.33. The molecule has 5 rings (SSSR count). The second kappa shape index (κ2) is 11.6. The van der Waals surface area contributed by atoms with E-state index in [1.165, 1.54) is 76.8 Å². The fourth-order valence-corrected chi connectivity index (χ4v) is 9.34. The van der Waals surface area contributed by atoms with Crippen LogP contribution in [0.1, 0.15) is 44.5 Å². The molecule has 0 atom stereocenters. The normalized spacial score (nSPS) is 11.2. The van der Waals surface area contributed by atoms with E-state index in [0.29, 0.717) is 0 Å². The summed E-state index contributed by atoms with van der Waals surface area (Å²) < 4.78 is 0. The second-order valence-corrected chi connectivity index (χ2v) is 13.8. The maximum absolute atomic E-state index is 2.48. The van der Waals surface area contributed by atoms with Crippen LogP contribution in [0, 0.1) is 55.4 Å². The number of hydrogen-bond donors (Lipinski definition) is 0. The highest BCUT2D eigenvalue weighted by atomic mass is 31.1. The van der Waals surface area contributed by atoms with Gasteiger partial charge in [-0.15, -0.1) is 0 Å². The van der Waals surface area contributed by atoms with E-state index < -0.39 is 7.92 Å². The Kier molecular flexibility index (Phi) is 8.16. The maximum atomic E-state index is 2.48. The monoisotopic (exact) mass is 538 g/mol. The molecule has 0 saturated carbocycles. The molecule has 0 N–H and O–H groups in total. The molecule has 0 unspecified atom stereocenters. The first-order valence-corrected chi connectivity index (χ1v) is 15.7. The van der Waals surface area contributed by atoms with Crippen LogP contribution < -0.4 is 32.3 Å². The molecule has 0 heterocycles. The van der Waals surface area contributed by atoms with Crippen molar-refractivity contribution in [2.45, 2.75) is 55.4 Å². The van der Waals surface area contributed by atoms with E-state index in [0.717, 1.165) is 0 Å². The molecule has 0 aliphatic carbocycles. The highest BCUT2D eigenvalue weighted by molar-refractivity contribution is 7.79. The second-order valence-electron chi connectivity index (χ2n) is 11.6. The zero-order valence-electron chi connectivity index (χ0n) is 25.3. The van der Waals surface area contributed by atoms with E-state index in [1.54, 1.807) is 0 Å².